The van der Waals surface area contributed by atoms with E-state index in [2.05, 4.69) is 0 Å². The predicted molar refractivity (Wildman–Crippen MR) is 59.4 cm³/mol. The van der Waals surface area contributed by atoms with Crippen molar-refractivity contribution in [1.82, 2.24) is 0 Å². The van der Waals surface area contributed by atoms with Crippen LogP contribution in [0.4, 0.5) is 5.69 Å². The Morgan fingerprint density at radius 1 is 1.29 bits per heavy atom. The monoisotopic (exact) mass is 239 g/mol. The Bertz CT molecular complexity index is 443. The van der Waals surface area contributed by atoms with Crippen LogP contribution in [0.15, 0.2) is 18.2 Å². The number of carboxylic acid groups (broad SMARTS) is 2. The van der Waals surface area contributed by atoms with Crippen molar-refractivity contribution in [2.24, 2.45) is 0 Å². The summed E-state index contributed by atoms with van der Waals surface area (Å²) in [5.41, 5.74) is 6.43. The summed E-state index contributed by atoms with van der Waals surface area (Å²) in [5, 5.41) is 26.8. The molecule has 0 fully saturated rings. The maximum atomic E-state index is 10.7. The standard InChI is InChI=1S/C11H13NO5/c12-8-3-1-2-7(10(15)11(16)17)6(8)4-5-9(13)14/h1-3,10,15H,4-5,12H2,(H,13,14)(H,16,17). The molecule has 0 amide bonds. The van der Waals surface area contributed by atoms with E-state index in [0.717, 1.165) is 0 Å². The third-order valence-electron chi connectivity index (χ3n) is 2.37. The molecule has 0 bridgehead atoms. The van der Waals surface area contributed by atoms with E-state index in [1.54, 1.807) is 0 Å². The van der Waals surface area contributed by atoms with Crippen molar-refractivity contribution in [1.29, 1.82) is 0 Å². The Morgan fingerprint density at radius 3 is 2.47 bits per heavy atom. The molecule has 0 aliphatic carbocycles. The van der Waals surface area contributed by atoms with Crippen LogP contribution >= 0.6 is 0 Å². The molecule has 0 aliphatic rings. The van der Waals surface area contributed by atoms with Gasteiger partial charge in [-0.25, -0.2) is 4.79 Å². The molecule has 0 radical (unpaired) electrons. The van der Waals surface area contributed by atoms with Gasteiger partial charge in [-0.15, -0.1) is 0 Å². The zero-order valence-corrected chi connectivity index (χ0v) is 8.96. The fourth-order valence-corrected chi connectivity index (χ4v) is 1.53. The first-order chi connectivity index (χ1) is 7.93. The molecule has 1 atom stereocenters. The Balaban J connectivity index is 3.07. The third-order valence-corrected chi connectivity index (χ3v) is 2.37. The summed E-state index contributed by atoms with van der Waals surface area (Å²) in [7, 11) is 0. The minimum absolute atomic E-state index is 0.0850. The van der Waals surface area contributed by atoms with Gasteiger partial charge in [0.05, 0.1) is 0 Å². The molecule has 0 aromatic heterocycles. The van der Waals surface area contributed by atoms with Crippen molar-refractivity contribution in [2.75, 3.05) is 5.73 Å². The molecule has 0 saturated heterocycles. The summed E-state index contributed by atoms with van der Waals surface area (Å²) in [5.74, 6) is -2.41. The van der Waals surface area contributed by atoms with E-state index in [4.69, 9.17) is 15.9 Å². The Labute approximate surface area is 97.3 Å². The number of anilines is 1. The van der Waals surface area contributed by atoms with Gasteiger partial charge < -0.3 is 21.1 Å². The molecule has 6 heteroatoms. The van der Waals surface area contributed by atoms with Crippen molar-refractivity contribution in [3.8, 4) is 0 Å². The first-order valence-corrected chi connectivity index (χ1v) is 4.93. The molecule has 5 N–H and O–H groups in total. The van der Waals surface area contributed by atoms with Gasteiger partial charge in [0.1, 0.15) is 0 Å². The summed E-state index contributed by atoms with van der Waals surface area (Å²) in [6.07, 6.45) is -1.78. The maximum Gasteiger partial charge on any atom is 0.337 e. The number of aliphatic hydroxyl groups is 1. The summed E-state index contributed by atoms with van der Waals surface area (Å²) >= 11 is 0. The first-order valence-electron chi connectivity index (χ1n) is 4.93. The van der Waals surface area contributed by atoms with Gasteiger partial charge >= 0.3 is 11.9 Å². The number of nitrogens with two attached hydrogens (primary N) is 1. The van der Waals surface area contributed by atoms with Gasteiger partial charge in [0.25, 0.3) is 0 Å². The normalized spacial score (nSPS) is 12.1. The highest BCUT2D eigenvalue weighted by Gasteiger charge is 2.20. The van der Waals surface area contributed by atoms with Crippen LogP contribution in [0.2, 0.25) is 0 Å². The molecule has 1 rings (SSSR count). The SMILES string of the molecule is Nc1cccc(C(O)C(=O)O)c1CCC(=O)O. The Kier molecular flexibility index (Phi) is 4.06. The lowest BCUT2D eigenvalue weighted by Crippen LogP contribution is -2.14. The van der Waals surface area contributed by atoms with Crippen LogP contribution in [-0.2, 0) is 16.0 Å². The molecule has 1 aromatic carbocycles. The highest BCUT2D eigenvalue weighted by atomic mass is 16.4. The summed E-state index contributed by atoms with van der Waals surface area (Å²) < 4.78 is 0. The fraction of sp³-hybridized carbons (Fsp3) is 0.273. The molecule has 1 aromatic rings. The predicted octanol–water partition coefficient (Wildman–Crippen LogP) is 0.404. The van der Waals surface area contributed by atoms with E-state index in [1.807, 2.05) is 0 Å². The minimum Gasteiger partial charge on any atom is -0.481 e. The van der Waals surface area contributed by atoms with E-state index in [1.165, 1.54) is 18.2 Å². The smallest absolute Gasteiger partial charge is 0.337 e. The van der Waals surface area contributed by atoms with E-state index < -0.39 is 18.0 Å². The zero-order valence-electron chi connectivity index (χ0n) is 8.96. The van der Waals surface area contributed by atoms with Crippen LogP contribution < -0.4 is 5.73 Å². The number of hydrogen-bond donors (Lipinski definition) is 4. The number of aliphatic hydroxyl groups excluding tert-OH is 1. The molecule has 0 aliphatic heterocycles. The number of nitrogen functional groups attached to an aromatic ring is 1. The summed E-state index contributed by atoms with van der Waals surface area (Å²) in [4.78, 5) is 21.2. The molecular formula is C11H13NO5. The van der Waals surface area contributed by atoms with Gasteiger partial charge in [0.2, 0.25) is 0 Å². The van der Waals surface area contributed by atoms with Gasteiger partial charge in [-0.2, -0.15) is 0 Å². The van der Waals surface area contributed by atoms with Crippen LogP contribution in [0.3, 0.4) is 0 Å². The molecule has 0 saturated carbocycles. The molecule has 1 unspecified atom stereocenters. The molecule has 17 heavy (non-hydrogen) atoms. The van der Waals surface area contributed by atoms with Crippen molar-refractivity contribution in [2.45, 2.75) is 18.9 Å². The summed E-state index contributed by atoms with van der Waals surface area (Å²) in [6.45, 7) is 0. The van der Waals surface area contributed by atoms with Crippen LogP contribution in [0.1, 0.15) is 23.7 Å². The number of carboxylic acids is 2. The molecule has 0 heterocycles. The van der Waals surface area contributed by atoms with Gasteiger partial charge in [0.15, 0.2) is 6.10 Å². The maximum absolute atomic E-state index is 10.7. The highest BCUT2D eigenvalue weighted by Crippen LogP contribution is 2.24. The quantitative estimate of drug-likeness (QED) is 0.552. The van der Waals surface area contributed by atoms with Crippen LogP contribution in [0, 0.1) is 0 Å². The van der Waals surface area contributed by atoms with Gasteiger partial charge in [-0.1, -0.05) is 12.1 Å². The average Bonchev–Trinajstić information content (AvgIpc) is 2.25. The largest absolute Gasteiger partial charge is 0.481 e. The second kappa shape index (κ2) is 5.31. The van der Waals surface area contributed by atoms with E-state index >= 15 is 0 Å². The average molecular weight is 239 g/mol. The number of aliphatic carboxylic acids is 2. The van der Waals surface area contributed by atoms with Gasteiger partial charge in [-0.3, -0.25) is 4.79 Å². The van der Waals surface area contributed by atoms with Crippen molar-refractivity contribution < 1.29 is 24.9 Å². The van der Waals surface area contributed by atoms with E-state index in [-0.39, 0.29) is 24.1 Å². The highest BCUT2D eigenvalue weighted by molar-refractivity contribution is 5.76. The number of carbonyl (C=O) groups is 2. The third kappa shape index (κ3) is 3.18. The van der Waals surface area contributed by atoms with Gasteiger partial charge in [0, 0.05) is 12.1 Å². The molecule has 92 valence electrons. The number of benzene rings is 1. The molecular weight excluding hydrogens is 226 g/mol. The number of rotatable bonds is 5. The van der Waals surface area contributed by atoms with Crippen LogP contribution in [0.25, 0.3) is 0 Å². The molecule has 6 nitrogen and oxygen atoms in total. The second-order valence-corrected chi connectivity index (χ2v) is 3.55. The minimum atomic E-state index is -1.69. The van der Waals surface area contributed by atoms with E-state index in [0.29, 0.717) is 5.56 Å². The Morgan fingerprint density at radius 2 is 1.94 bits per heavy atom. The second-order valence-electron chi connectivity index (χ2n) is 3.55. The van der Waals surface area contributed by atoms with Crippen LogP contribution in [-0.4, -0.2) is 27.3 Å². The van der Waals surface area contributed by atoms with Crippen molar-refractivity contribution >= 4 is 17.6 Å². The Hall–Kier alpha value is -2.08. The fourth-order valence-electron chi connectivity index (χ4n) is 1.53. The molecule has 0 spiro atoms. The lowest BCUT2D eigenvalue weighted by Gasteiger charge is -2.13. The lowest BCUT2D eigenvalue weighted by atomic mass is 9.97. The zero-order chi connectivity index (χ0) is 13.0. The van der Waals surface area contributed by atoms with Crippen molar-refractivity contribution in [3.05, 3.63) is 29.3 Å². The number of hydrogen-bond acceptors (Lipinski definition) is 4. The van der Waals surface area contributed by atoms with Crippen LogP contribution in [0.5, 0.6) is 0 Å². The topological polar surface area (TPSA) is 121 Å². The summed E-state index contributed by atoms with van der Waals surface area (Å²) in [6, 6.07) is 4.47. The lowest BCUT2D eigenvalue weighted by molar-refractivity contribution is -0.147. The van der Waals surface area contributed by atoms with E-state index in [9.17, 15) is 14.7 Å². The van der Waals surface area contributed by atoms with Gasteiger partial charge in [-0.05, 0) is 23.6 Å². The first kappa shape index (κ1) is 13.0. The van der Waals surface area contributed by atoms with Crippen molar-refractivity contribution in [3.63, 3.8) is 0 Å².